The minimum atomic E-state index is -0.130. The van der Waals surface area contributed by atoms with Gasteiger partial charge in [0.05, 0.1) is 0 Å². The molecule has 1 nitrogen and oxygen atoms in total. The largest absolute Gasteiger partial charge is 0.303 e. The fourth-order valence-electron chi connectivity index (χ4n) is 1.28. The van der Waals surface area contributed by atoms with Crippen molar-refractivity contribution in [1.29, 1.82) is 0 Å². The fraction of sp³-hybridized carbons (Fsp3) is 0.625. The third-order valence-electron chi connectivity index (χ3n) is 2.26. The predicted molar refractivity (Wildman–Crippen MR) is 46.8 cm³/mol. The van der Waals surface area contributed by atoms with Gasteiger partial charge in [0.2, 0.25) is 0 Å². The van der Waals surface area contributed by atoms with E-state index < -0.39 is 0 Å². The topological polar surface area (TPSA) is 17.1 Å². The van der Waals surface area contributed by atoms with E-state index in [1.165, 1.54) is 0 Å². The molecule has 0 aromatic heterocycles. The molecular formula is C8H10Cl2O. The summed E-state index contributed by atoms with van der Waals surface area (Å²) in [6.45, 7) is 0. The zero-order chi connectivity index (χ0) is 8.32. The van der Waals surface area contributed by atoms with E-state index in [9.17, 15) is 4.79 Å². The van der Waals surface area contributed by atoms with Crippen LogP contribution in [0.5, 0.6) is 0 Å². The van der Waals surface area contributed by atoms with Crippen LogP contribution in [0.3, 0.4) is 0 Å². The van der Waals surface area contributed by atoms with Crippen LogP contribution in [0.15, 0.2) is 10.6 Å². The van der Waals surface area contributed by atoms with Crippen LogP contribution < -0.4 is 0 Å². The first kappa shape index (κ1) is 9.08. The lowest BCUT2D eigenvalue weighted by Gasteiger charge is -2.35. The fourth-order valence-corrected chi connectivity index (χ4v) is 1.44. The second kappa shape index (κ2) is 3.59. The Balaban J connectivity index is 2.45. The van der Waals surface area contributed by atoms with Gasteiger partial charge in [-0.1, -0.05) is 35.7 Å². The molecule has 0 atom stereocenters. The molecule has 0 heterocycles. The summed E-state index contributed by atoms with van der Waals surface area (Å²) in [5.74, 6) is 0. The first-order valence-electron chi connectivity index (χ1n) is 3.66. The van der Waals surface area contributed by atoms with Gasteiger partial charge >= 0.3 is 0 Å². The van der Waals surface area contributed by atoms with Crippen molar-refractivity contribution in [2.45, 2.75) is 25.7 Å². The number of halogens is 2. The maximum Gasteiger partial charge on any atom is 0.126 e. The molecule has 3 heteroatoms. The smallest absolute Gasteiger partial charge is 0.126 e. The second-order valence-corrected chi connectivity index (χ2v) is 4.04. The van der Waals surface area contributed by atoms with Crippen LogP contribution >= 0.6 is 23.2 Å². The Kier molecular flexibility index (Phi) is 2.97. The van der Waals surface area contributed by atoms with E-state index >= 15 is 0 Å². The SMILES string of the molecule is O=CC1(CC=C(Cl)Cl)CCC1. The number of allylic oxidation sites excluding steroid dienone is 1. The number of carbonyl (C=O) groups is 1. The Bertz CT molecular complexity index is 179. The highest BCUT2D eigenvalue weighted by Gasteiger charge is 2.35. The molecule has 1 fully saturated rings. The molecule has 0 saturated heterocycles. The first-order valence-corrected chi connectivity index (χ1v) is 4.42. The van der Waals surface area contributed by atoms with E-state index in [1.807, 2.05) is 0 Å². The van der Waals surface area contributed by atoms with E-state index in [1.54, 1.807) is 6.08 Å². The maximum absolute atomic E-state index is 10.6. The second-order valence-electron chi connectivity index (χ2n) is 3.03. The van der Waals surface area contributed by atoms with Crippen molar-refractivity contribution in [2.75, 3.05) is 0 Å². The minimum Gasteiger partial charge on any atom is -0.303 e. The van der Waals surface area contributed by atoms with Gasteiger partial charge in [-0.3, -0.25) is 0 Å². The van der Waals surface area contributed by atoms with Crippen LogP contribution in [-0.2, 0) is 4.79 Å². The van der Waals surface area contributed by atoms with Crippen LogP contribution in [0, 0.1) is 5.41 Å². The van der Waals surface area contributed by atoms with Gasteiger partial charge in [-0.25, -0.2) is 0 Å². The van der Waals surface area contributed by atoms with Gasteiger partial charge in [0, 0.05) is 5.41 Å². The zero-order valence-corrected chi connectivity index (χ0v) is 7.66. The summed E-state index contributed by atoms with van der Waals surface area (Å²) in [5.41, 5.74) is -0.130. The van der Waals surface area contributed by atoms with Crippen molar-refractivity contribution in [3.63, 3.8) is 0 Å². The van der Waals surface area contributed by atoms with Gasteiger partial charge < -0.3 is 4.79 Å². The number of carbonyl (C=O) groups excluding carboxylic acids is 1. The van der Waals surface area contributed by atoms with Gasteiger partial charge in [0.1, 0.15) is 10.8 Å². The molecule has 0 unspecified atom stereocenters. The van der Waals surface area contributed by atoms with E-state index in [0.29, 0.717) is 6.42 Å². The molecule has 1 aliphatic rings. The Morgan fingerprint density at radius 1 is 1.45 bits per heavy atom. The summed E-state index contributed by atoms with van der Waals surface area (Å²) in [5, 5.41) is 0. The van der Waals surface area contributed by atoms with Crippen molar-refractivity contribution < 1.29 is 4.79 Å². The number of hydrogen-bond donors (Lipinski definition) is 0. The summed E-state index contributed by atoms with van der Waals surface area (Å²) >= 11 is 10.9. The van der Waals surface area contributed by atoms with Crippen LogP contribution in [0.25, 0.3) is 0 Å². The minimum absolute atomic E-state index is 0.130. The summed E-state index contributed by atoms with van der Waals surface area (Å²) in [4.78, 5) is 10.6. The lowest BCUT2D eigenvalue weighted by molar-refractivity contribution is -0.120. The molecule has 1 saturated carbocycles. The highest BCUT2D eigenvalue weighted by Crippen LogP contribution is 2.42. The lowest BCUT2D eigenvalue weighted by atomic mass is 9.68. The van der Waals surface area contributed by atoms with E-state index in [4.69, 9.17) is 23.2 Å². The summed E-state index contributed by atoms with van der Waals surface area (Å²) < 4.78 is 0.262. The van der Waals surface area contributed by atoms with Crippen LogP contribution in [-0.4, -0.2) is 6.29 Å². The summed E-state index contributed by atoms with van der Waals surface area (Å²) in [6, 6.07) is 0. The van der Waals surface area contributed by atoms with Crippen molar-refractivity contribution in [3.05, 3.63) is 10.6 Å². The van der Waals surface area contributed by atoms with Gasteiger partial charge in [0.25, 0.3) is 0 Å². The third-order valence-corrected chi connectivity index (χ3v) is 2.57. The molecule has 0 aromatic carbocycles. The quantitative estimate of drug-likeness (QED) is 0.629. The molecule has 11 heavy (non-hydrogen) atoms. The van der Waals surface area contributed by atoms with Gasteiger partial charge in [0.15, 0.2) is 0 Å². The average molecular weight is 193 g/mol. The molecule has 0 spiro atoms. The van der Waals surface area contributed by atoms with Gasteiger partial charge in [-0.15, -0.1) is 0 Å². The van der Waals surface area contributed by atoms with Crippen molar-refractivity contribution in [1.82, 2.24) is 0 Å². The summed E-state index contributed by atoms with van der Waals surface area (Å²) in [7, 11) is 0. The lowest BCUT2D eigenvalue weighted by Crippen LogP contribution is -2.30. The molecule has 0 aromatic rings. The Labute approximate surface area is 76.4 Å². The Morgan fingerprint density at radius 2 is 2.09 bits per heavy atom. The van der Waals surface area contributed by atoms with E-state index in [0.717, 1.165) is 25.5 Å². The molecule has 0 bridgehead atoms. The Hall–Kier alpha value is -0.0100. The number of rotatable bonds is 3. The predicted octanol–water partition coefficient (Wildman–Crippen LogP) is 3.06. The summed E-state index contributed by atoms with van der Waals surface area (Å²) in [6.07, 6.45) is 6.54. The van der Waals surface area contributed by atoms with E-state index in [2.05, 4.69) is 0 Å². The highest BCUT2D eigenvalue weighted by atomic mass is 35.5. The molecule has 0 amide bonds. The van der Waals surface area contributed by atoms with Gasteiger partial charge in [-0.2, -0.15) is 0 Å². The van der Waals surface area contributed by atoms with Crippen molar-refractivity contribution in [3.8, 4) is 0 Å². The highest BCUT2D eigenvalue weighted by molar-refractivity contribution is 6.55. The molecule has 0 aliphatic heterocycles. The van der Waals surface area contributed by atoms with Crippen LogP contribution in [0.2, 0.25) is 0 Å². The van der Waals surface area contributed by atoms with E-state index in [-0.39, 0.29) is 9.91 Å². The molecule has 1 aliphatic carbocycles. The molecular weight excluding hydrogens is 183 g/mol. The monoisotopic (exact) mass is 192 g/mol. The maximum atomic E-state index is 10.6. The van der Waals surface area contributed by atoms with Crippen molar-refractivity contribution in [2.24, 2.45) is 5.41 Å². The van der Waals surface area contributed by atoms with Crippen LogP contribution in [0.4, 0.5) is 0 Å². The standard InChI is InChI=1S/C8H10Cl2O/c9-7(10)2-5-8(6-11)3-1-4-8/h2,6H,1,3-5H2. The third kappa shape index (κ3) is 2.21. The Morgan fingerprint density at radius 3 is 2.36 bits per heavy atom. The molecule has 62 valence electrons. The number of aldehydes is 1. The van der Waals surface area contributed by atoms with Gasteiger partial charge in [-0.05, 0) is 19.3 Å². The average Bonchev–Trinajstić information content (AvgIpc) is 1.86. The molecule has 0 N–H and O–H groups in total. The number of hydrogen-bond acceptors (Lipinski definition) is 1. The molecule has 1 rings (SSSR count). The first-order chi connectivity index (χ1) is 5.18. The molecule has 0 radical (unpaired) electrons. The zero-order valence-electron chi connectivity index (χ0n) is 6.15. The normalized spacial score (nSPS) is 20.2. The van der Waals surface area contributed by atoms with Crippen molar-refractivity contribution >= 4 is 29.5 Å². The van der Waals surface area contributed by atoms with Crippen LogP contribution in [0.1, 0.15) is 25.7 Å².